The molecule has 0 aromatic heterocycles. The summed E-state index contributed by atoms with van der Waals surface area (Å²) in [6.45, 7) is 0.937. The Kier molecular flexibility index (Phi) is 3.60. The van der Waals surface area contributed by atoms with E-state index in [2.05, 4.69) is 0 Å². The lowest BCUT2D eigenvalue weighted by Crippen LogP contribution is -2.49. The Labute approximate surface area is 97.9 Å². The molecule has 2 aliphatic rings. The van der Waals surface area contributed by atoms with Gasteiger partial charge in [0.15, 0.2) is 6.10 Å². The van der Waals surface area contributed by atoms with Gasteiger partial charge in [0.2, 0.25) is 0 Å². The smallest absolute Gasteiger partial charge is 0.326 e. The summed E-state index contributed by atoms with van der Waals surface area (Å²) < 4.78 is 10.3. The number of aliphatic carboxylic acids is 1. The average Bonchev–Trinajstić information content (AvgIpc) is 2.72. The third-order valence-electron chi connectivity index (χ3n) is 2.94. The molecule has 2 aliphatic heterocycles. The largest absolute Gasteiger partial charge is 0.480 e. The van der Waals surface area contributed by atoms with Crippen LogP contribution in [0.3, 0.4) is 0 Å². The SMILES string of the molecule is O=C(O)C1CC(O)CN1C(=O)C1COCCO1. The van der Waals surface area contributed by atoms with E-state index in [0.717, 1.165) is 4.90 Å². The van der Waals surface area contributed by atoms with E-state index in [1.807, 2.05) is 0 Å². The molecule has 2 fully saturated rings. The molecular formula is C10H15NO6. The highest BCUT2D eigenvalue weighted by Crippen LogP contribution is 2.20. The Morgan fingerprint density at radius 2 is 2.06 bits per heavy atom. The van der Waals surface area contributed by atoms with Crippen LogP contribution in [0, 0.1) is 0 Å². The van der Waals surface area contributed by atoms with Crippen molar-refractivity contribution in [2.45, 2.75) is 24.7 Å². The van der Waals surface area contributed by atoms with Crippen LogP contribution < -0.4 is 0 Å². The molecule has 2 heterocycles. The molecular weight excluding hydrogens is 230 g/mol. The lowest BCUT2D eigenvalue weighted by Gasteiger charge is -2.28. The number of hydrogen-bond acceptors (Lipinski definition) is 5. The van der Waals surface area contributed by atoms with E-state index in [9.17, 15) is 14.7 Å². The van der Waals surface area contributed by atoms with E-state index in [-0.39, 0.29) is 19.6 Å². The molecule has 2 rings (SSSR count). The summed E-state index contributed by atoms with van der Waals surface area (Å²) in [5.41, 5.74) is 0. The first-order valence-electron chi connectivity index (χ1n) is 5.50. The Hall–Kier alpha value is -1.18. The molecule has 0 spiro atoms. The number of rotatable bonds is 2. The number of ether oxygens (including phenoxy) is 2. The zero-order chi connectivity index (χ0) is 12.4. The number of carbonyl (C=O) groups excluding carboxylic acids is 1. The molecule has 0 aromatic rings. The molecule has 3 unspecified atom stereocenters. The maximum absolute atomic E-state index is 12.0. The van der Waals surface area contributed by atoms with Gasteiger partial charge in [-0.1, -0.05) is 0 Å². The lowest BCUT2D eigenvalue weighted by atomic mass is 10.2. The number of nitrogens with zero attached hydrogens (tertiary/aromatic N) is 1. The molecule has 1 amide bonds. The van der Waals surface area contributed by atoms with Crippen LogP contribution in [-0.4, -0.2) is 71.6 Å². The average molecular weight is 245 g/mol. The Bertz CT molecular complexity index is 314. The molecule has 2 saturated heterocycles. The van der Waals surface area contributed by atoms with Crippen molar-refractivity contribution in [2.24, 2.45) is 0 Å². The van der Waals surface area contributed by atoms with Gasteiger partial charge in [-0.2, -0.15) is 0 Å². The summed E-state index contributed by atoms with van der Waals surface area (Å²) in [6.07, 6.45) is -1.48. The molecule has 96 valence electrons. The molecule has 0 aliphatic carbocycles. The summed E-state index contributed by atoms with van der Waals surface area (Å²) in [4.78, 5) is 24.1. The monoisotopic (exact) mass is 245 g/mol. The minimum absolute atomic E-state index is 0.0374. The second kappa shape index (κ2) is 4.99. The fraction of sp³-hybridized carbons (Fsp3) is 0.800. The number of aliphatic hydroxyl groups excluding tert-OH is 1. The zero-order valence-corrected chi connectivity index (χ0v) is 9.24. The number of carboxylic acid groups (broad SMARTS) is 1. The van der Waals surface area contributed by atoms with Gasteiger partial charge in [0, 0.05) is 13.0 Å². The molecule has 3 atom stereocenters. The summed E-state index contributed by atoms with van der Waals surface area (Å²) in [5.74, 6) is -1.53. The fourth-order valence-corrected chi connectivity index (χ4v) is 2.11. The van der Waals surface area contributed by atoms with Crippen molar-refractivity contribution >= 4 is 11.9 Å². The summed E-state index contributed by atoms with van der Waals surface area (Å²) >= 11 is 0. The van der Waals surface area contributed by atoms with Crippen LogP contribution >= 0.6 is 0 Å². The van der Waals surface area contributed by atoms with Gasteiger partial charge < -0.3 is 24.6 Å². The van der Waals surface area contributed by atoms with E-state index in [4.69, 9.17) is 14.6 Å². The fourth-order valence-electron chi connectivity index (χ4n) is 2.11. The van der Waals surface area contributed by atoms with E-state index >= 15 is 0 Å². The molecule has 2 N–H and O–H groups in total. The Morgan fingerprint density at radius 3 is 2.65 bits per heavy atom. The normalized spacial score (nSPS) is 33.7. The number of amides is 1. The lowest BCUT2D eigenvalue weighted by molar-refractivity contribution is -0.163. The summed E-state index contributed by atoms with van der Waals surface area (Å²) in [6, 6.07) is -0.969. The van der Waals surface area contributed by atoms with Crippen LogP contribution in [0.4, 0.5) is 0 Å². The van der Waals surface area contributed by atoms with Gasteiger partial charge in [0.1, 0.15) is 6.04 Å². The summed E-state index contributed by atoms with van der Waals surface area (Å²) in [5, 5.41) is 18.4. The van der Waals surface area contributed by atoms with E-state index in [1.54, 1.807) is 0 Å². The second-order valence-corrected chi connectivity index (χ2v) is 4.17. The van der Waals surface area contributed by atoms with Crippen molar-refractivity contribution < 1.29 is 29.3 Å². The third kappa shape index (κ3) is 2.56. The minimum atomic E-state index is -1.10. The molecule has 0 aromatic carbocycles. The highest BCUT2D eigenvalue weighted by atomic mass is 16.6. The molecule has 0 bridgehead atoms. The number of carboxylic acids is 1. The minimum Gasteiger partial charge on any atom is -0.480 e. The molecule has 17 heavy (non-hydrogen) atoms. The van der Waals surface area contributed by atoms with E-state index in [1.165, 1.54) is 0 Å². The van der Waals surface area contributed by atoms with E-state index < -0.39 is 30.1 Å². The van der Waals surface area contributed by atoms with Gasteiger partial charge in [-0.25, -0.2) is 4.79 Å². The van der Waals surface area contributed by atoms with Crippen LogP contribution in [-0.2, 0) is 19.1 Å². The first-order valence-corrected chi connectivity index (χ1v) is 5.50. The maximum atomic E-state index is 12.0. The van der Waals surface area contributed by atoms with Crippen molar-refractivity contribution in [3.8, 4) is 0 Å². The van der Waals surface area contributed by atoms with Crippen LogP contribution in [0.1, 0.15) is 6.42 Å². The second-order valence-electron chi connectivity index (χ2n) is 4.17. The standard InChI is InChI=1S/C10H15NO6/c12-6-3-7(10(14)15)11(4-6)9(13)8-5-16-1-2-17-8/h6-8,12H,1-5H2,(H,14,15). The van der Waals surface area contributed by atoms with Gasteiger partial charge in [-0.05, 0) is 0 Å². The van der Waals surface area contributed by atoms with Crippen molar-refractivity contribution in [2.75, 3.05) is 26.4 Å². The van der Waals surface area contributed by atoms with Crippen LogP contribution in [0.5, 0.6) is 0 Å². The predicted octanol–water partition coefficient (Wildman–Crippen LogP) is -1.55. The van der Waals surface area contributed by atoms with Gasteiger partial charge in [0.05, 0.1) is 25.9 Å². The van der Waals surface area contributed by atoms with Crippen LogP contribution in [0.25, 0.3) is 0 Å². The first kappa shape index (κ1) is 12.3. The van der Waals surface area contributed by atoms with Crippen LogP contribution in [0.15, 0.2) is 0 Å². The zero-order valence-electron chi connectivity index (χ0n) is 9.24. The predicted molar refractivity (Wildman–Crippen MR) is 54.3 cm³/mol. The summed E-state index contributed by atoms with van der Waals surface area (Å²) in [7, 11) is 0. The Morgan fingerprint density at radius 1 is 1.29 bits per heavy atom. The highest BCUT2D eigenvalue weighted by Gasteiger charge is 2.41. The number of likely N-dealkylation sites (tertiary alicyclic amines) is 1. The topological polar surface area (TPSA) is 96.3 Å². The first-order chi connectivity index (χ1) is 8.09. The van der Waals surface area contributed by atoms with Crippen LogP contribution in [0.2, 0.25) is 0 Å². The quantitative estimate of drug-likeness (QED) is 0.611. The molecule has 0 radical (unpaired) electrons. The van der Waals surface area contributed by atoms with Gasteiger partial charge in [-0.3, -0.25) is 4.79 Å². The van der Waals surface area contributed by atoms with Gasteiger partial charge in [0.25, 0.3) is 5.91 Å². The van der Waals surface area contributed by atoms with Crippen molar-refractivity contribution in [1.82, 2.24) is 4.90 Å². The number of carbonyl (C=O) groups is 2. The Balaban J connectivity index is 2.04. The number of hydrogen-bond donors (Lipinski definition) is 2. The molecule has 7 heteroatoms. The highest BCUT2D eigenvalue weighted by molar-refractivity contribution is 5.87. The number of aliphatic hydroxyl groups is 1. The van der Waals surface area contributed by atoms with Crippen molar-refractivity contribution in [3.05, 3.63) is 0 Å². The maximum Gasteiger partial charge on any atom is 0.326 e. The van der Waals surface area contributed by atoms with Gasteiger partial charge >= 0.3 is 5.97 Å². The molecule has 7 nitrogen and oxygen atoms in total. The van der Waals surface area contributed by atoms with Crippen molar-refractivity contribution in [3.63, 3.8) is 0 Å². The molecule has 0 saturated carbocycles. The van der Waals surface area contributed by atoms with Crippen molar-refractivity contribution in [1.29, 1.82) is 0 Å². The van der Waals surface area contributed by atoms with Gasteiger partial charge in [-0.15, -0.1) is 0 Å². The number of β-amino-alcohol motifs (C(OH)–C–C–N with tert-alkyl or cyclic N) is 1. The van der Waals surface area contributed by atoms with E-state index in [0.29, 0.717) is 13.2 Å². The third-order valence-corrected chi connectivity index (χ3v) is 2.94.